The van der Waals surface area contributed by atoms with E-state index in [1.165, 1.54) is 11.3 Å². The van der Waals surface area contributed by atoms with E-state index < -0.39 is 0 Å². The number of amides is 1. The average Bonchev–Trinajstić information content (AvgIpc) is 2.57. The molecule has 0 aliphatic rings. The van der Waals surface area contributed by atoms with Gasteiger partial charge in [-0.05, 0) is 36.1 Å². The van der Waals surface area contributed by atoms with Crippen molar-refractivity contribution in [2.75, 3.05) is 25.5 Å². The Morgan fingerprint density at radius 1 is 1.04 bits per heavy atom. The summed E-state index contributed by atoms with van der Waals surface area (Å²) >= 11 is 0. The van der Waals surface area contributed by atoms with Gasteiger partial charge in [0.15, 0.2) is 0 Å². The van der Waals surface area contributed by atoms with E-state index in [9.17, 15) is 4.79 Å². The average molecular weight is 310 g/mol. The highest BCUT2D eigenvalue weighted by Gasteiger charge is 2.17. The Labute approximate surface area is 139 Å². The van der Waals surface area contributed by atoms with Crippen LogP contribution in [-0.2, 0) is 11.2 Å². The second-order valence-electron chi connectivity index (χ2n) is 5.97. The van der Waals surface area contributed by atoms with Gasteiger partial charge in [-0.3, -0.25) is 4.79 Å². The highest BCUT2D eigenvalue weighted by Crippen LogP contribution is 2.19. The van der Waals surface area contributed by atoms with Crippen molar-refractivity contribution in [3.8, 4) is 0 Å². The molecule has 2 aromatic carbocycles. The summed E-state index contributed by atoms with van der Waals surface area (Å²) in [5, 5.41) is 3.07. The summed E-state index contributed by atoms with van der Waals surface area (Å²) in [5.74, 6) is 0.0518. The maximum absolute atomic E-state index is 12.4. The van der Waals surface area contributed by atoms with E-state index in [4.69, 9.17) is 0 Å². The zero-order valence-electron chi connectivity index (χ0n) is 14.3. The number of anilines is 1. The fourth-order valence-electron chi connectivity index (χ4n) is 2.67. The minimum atomic E-state index is -0.0627. The molecular formula is C20H26N2O. The SMILES string of the molecule is CCC(C(=O)NCCc1ccc(N(C)C)cc1)c1ccccc1. The Morgan fingerprint density at radius 2 is 1.70 bits per heavy atom. The molecule has 1 amide bonds. The van der Waals surface area contributed by atoms with Crippen molar-refractivity contribution in [2.24, 2.45) is 0 Å². The van der Waals surface area contributed by atoms with Crippen LogP contribution in [0.5, 0.6) is 0 Å². The van der Waals surface area contributed by atoms with Crippen molar-refractivity contribution in [1.82, 2.24) is 5.32 Å². The second kappa shape index (κ2) is 8.37. The molecule has 0 fully saturated rings. The molecule has 23 heavy (non-hydrogen) atoms. The number of nitrogens with one attached hydrogen (secondary N) is 1. The first kappa shape index (κ1) is 17.1. The molecule has 0 aliphatic heterocycles. The van der Waals surface area contributed by atoms with Gasteiger partial charge in [0.05, 0.1) is 5.92 Å². The Hall–Kier alpha value is -2.29. The lowest BCUT2D eigenvalue weighted by molar-refractivity contribution is -0.122. The van der Waals surface area contributed by atoms with Gasteiger partial charge in [0.1, 0.15) is 0 Å². The molecule has 0 saturated heterocycles. The summed E-state index contributed by atoms with van der Waals surface area (Å²) in [6, 6.07) is 18.4. The lowest BCUT2D eigenvalue weighted by Crippen LogP contribution is -2.30. The van der Waals surface area contributed by atoms with E-state index >= 15 is 0 Å². The first-order valence-electron chi connectivity index (χ1n) is 8.20. The molecule has 1 atom stereocenters. The number of nitrogens with zero attached hydrogens (tertiary/aromatic N) is 1. The van der Waals surface area contributed by atoms with E-state index in [0.717, 1.165) is 18.4 Å². The number of carbonyl (C=O) groups is 1. The van der Waals surface area contributed by atoms with Crippen LogP contribution >= 0.6 is 0 Å². The summed E-state index contributed by atoms with van der Waals surface area (Å²) in [6.45, 7) is 2.72. The predicted molar refractivity (Wildman–Crippen MR) is 97.0 cm³/mol. The monoisotopic (exact) mass is 310 g/mol. The molecule has 2 rings (SSSR count). The molecular weight excluding hydrogens is 284 g/mol. The second-order valence-corrected chi connectivity index (χ2v) is 5.97. The molecule has 0 bridgehead atoms. The third-order valence-electron chi connectivity index (χ3n) is 4.09. The minimum absolute atomic E-state index is 0.0627. The highest BCUT2D eigenvalue weighted by atomic mass is 16.1. The lowest BCUT2D eigenvalue weighted by atomic mass is 9.95. The van der Waals surface area contributed by atoms with E-state index in [1.807, 2.05) is 44.4 Å². The topological polar surface area (TPSA) is 32.3 Å². The maximum Gasteiger partial charge on any atom is 0.227 e. The van der Waals surface area contributed by atoms with Gasteiger partial charge in [-0.1, -0.05) is 49.4 Å². The molecule has 0 aliphatic carbocycles. The van der Waals surface area contributed by atoms with Crippen LogP contribution < -0.4 is 10.2 Å². The fraction of sp³-hybridized carbons (Fsp3) is 0.350. The van der Waals surface area contributed by atoms with Gasteiger partial charge in [0.25, 0.3) is 0 Å². The highest BCUT2D eigenvalue weighted by molar-refractivity contribution is 5.83. The molecule has 0 aromatic heterocycles. The Bertz CT molecular complexity index is 605. The van der Waals surface area contributed by atoms with E-state index in [1.54, 1.807) is 0 Å². The van der Waals surface area contributed by atoms with Crippen molar-refractivity contribution in [3.05, 3.63) is 65.7 Å². The molecule has 3 nitrogen and oxygen atoms in total. The lowest BCUT2D eigenvalue weighted by Gasteiger charge is -2.16. The predicted octanol–water partition coefficient (Wildman–Crippen LogP) is 3.61. The van der Waals surface area contributed by atoms with E-state index in [2.05, 4.69) is 41.4 Å². The van der Waals surface area contributed by atoms with Crippen molar-refractivity contribution in [1.29, 1.82) is 0 Å². The molecule has 1 N–H and O–H groups in total. The fourth-order valence-corrected chi connectivity index (χ4v) is 2.67. The van der Waals surface area contributed by atoms with Crippen LogP contribution in [0.1, 0.15) is 30.4 Å². The largest absolute Gasteiger partial charge is 0.378 e. The number of hydrogen-bond acceptors (Lipinski definition) is 2. The van der Waals surface area contributed by atoms with Gasteiger partial charge in [-0.15, -0.1) is 0 Å². The van der Waals surface area contributed by atoms with Crippen LogP contribution in [0, 0.1) is 0 Å². The molecule has 0 saturated carbocycles. The summed E-state index contributed by atoms with van der Waals surface area (Å²) in [4.78, 5) is 14.5. The Morgan fingerprint density at radius 3 is 2.26 bits per heavy atom. The molecule has 0 radical (unpaired) electrons. The van der Waals surface area contributed by atoms with Crippen LogP contribution in [0.4, 0.5) is 5.69 Å². The van der Waals surface area contributed by atoms with Gasteiger partial charge < -0.3 is 10.2 Å². The van der Waals surface area contributed by atoms with Crippen molar-refractivity contribution in [3.63, 3.8) is 0 Å². The summed E-state index contributed by atoms with van der Waals surface area (Å²) in [5.41, 5.74) is 3.51. The number of carbonyl (C=O) groups excluding carboxylic acids is 1. The van der Waals surface area contributed by atoms with Crippen LogP contribution in [0.25, 0.3) is 0 Å². The third kappa shape index (κ3) is 4.85. The van der Waals surface area contributed by atoms with Crippen LogP contribution in [0.2, 0.25) is 0 Å². The van der Waals surface area contributed by atoms with Crippen LogP contribution in [0.15, 0.2) is 54.6 Å². The normalized spacial score (nSPS) is 11.8. The standard InChI is InChI=1S/C20H26N2O/c1-4-19(17-8-6-5-7-9-17)20(23)21-15-14-16-10-12-18(13-11-16)22(2)3/h5-13,19H,4,14-15H2,1-3H3,(H,21,23). The van der Waals surface area contributed by atoms with Crippen molar-refractivity contribution < 1.29 is 4.79 Å². The van der Waals surface area contributed by atoms with Crippen LogP contribution in [-0.4, -0.2) is 26.5 Å². The maximum atomic E-state index is 12.4. The minimum Gasteiger partial charge on any atom is -0.378 e. The number of hydrogen-bond donors (Lipinski definition) is 1. The molecule has 0 spiro atoms. The Kier molecular flexibility index (Phi) is 6.21. The van der Waals surface area contributed by atoms with Gasteiger partial charge in [-0.2, -0.15) is 0 Å². The third-order valence-corrected chi connectivity index (χ3v) is 4.09. The molecule has 0 heterocycles. The summed E-state index contributed by atoms with van der Waals surface area (Å²) < 4.78 is 0. The van der Waals surface area contributed by atoms with Gasteiger partial charge >= 0.3 is 0 Å². The van der Waals surface area contributed by atoms with Crippen LogP contribution in [0.3, 0.4) is 0 Å². The van der Waals surface area contributed by atoms with Crippen molar-refractivity contribution >= 4 is 11.6 Å². The number of rotatable bonds is 7. The molecule has 3 heteroatoms. The van der Waals surface area contributed by atoms with Gasteiger partial charge in [0, 0.05) is 26.3 Å². The molecule has 1 unspecified atom stereocenters. The quantitative estimate of drug-likeness (QED) is 0.847. The van der Waals surface area contributed by atoms with Gasteiger partial charge in [-0.25, -0.2) is 0 Å². The van der Waals surface area contributed by atoms with E-state index in [-0.39, 0.29) is 11.8 Å². The number of benzene rings is 2. The zero-order valence-corrected chi connectivity index (χ0v) is 14.3. The van der Waals surface area contributed by atoms with Crippen molar-refractivity contribution in [2.45, 2.75) is 25.7 Å². The first-order chi connectivity index (χ1) is 11.1. The summed E-state index contributed by atoms with van der Waals surface area (Å²) in [7, 11) is 4.06. The zero-order chi connectivity index (χ0) is 16.7. The van der Waals surface area contributed by atoms with E-state index in [0.29, 0.717) is 6.54 Å². The molecule has 2 aromatic rings. The summed E-state index contributed by atoms with van der Waals surface area (Å²) in [6.07, 6.45) is 1.66. The first-order valence-corrected chi connectivity index (χ1v) is 8.20. The molecule has 122 valence electrons. The smallest absolute Gasteiger partial charge is 0.227 e. The Balaban J connectivity index is 1.86. The van der Waals surface area contributed by atoms with Gasteiger partial charge in [0.2, 0.25) is 5.91 Å².